The zero-order valence-corrected chi connectivity index (χ0v) is 14.9. The normalized spacial score (nSPS) is 14.0. The third kappa shape index (κ3) is 4.91. The molecule has 2 atom stereocenters. The zero-order valence-electron chi connectivity index (χ0n) is 14.1. The standard InChI is InChI=1S/C20H23NO2S/c1-4-9-19(23-5-2)20(17-10-7-6-8-11-17)21-24(22)18-14-12-16(3)13-15-18/h4,6-15,20-21H,1,5H2,2-3H3/b19-9+/t20-,24+/m0/s1. The van der Waals surface area contributed by atoms with Gasteiger partial charge in [-0.2, -0.15) is 0 Å². The highest BCUT2D eigenvalue weighted by Crippen LogP contribution is 2.24. The molecular formula is C20H23NO2S. The van der Waals surface area contributed by atoms with E-state index in [1.807, 2.05) is 68.4 Å². The number of benzene rings is 2. The van der Waals surface area contributed by atoms with Crippen molar-refractivity contribution in [3.63, 3.8) is 0 Å². The molecule has 2 aromatic rings. The molecule has 126 valence electrons. The second-order valence-corrected chi connectivity index (χ2v) is 6.53. The maximum absolute atomic E-state index is 12.7. The highest BCUT2D eigenvalue weighted by Gasteiger charge is 2.20. The van der Waals surface area contributed by atoms with E-state index >= 15 is 0 Å². The molecule has 2 aromatic carbocycles. The molecule has 0 saturated carbocycles. The van der Waals surface area contributed by atoms with Gasteiger partial charge < -0.3 is 4.74 Å². The van der Waals surface area contributed by atoms with Crippen LogP contribution in [0.3, 0.4) is 0 Å². The molecule has 1 N–H and O–H groups in total. The van der Waals surface area contributed by atoms with Crippen molar-refractivity contribution in [3.8, 4) is 0 Å². The van der Waals surface area contributed by atoms with Gasteiger partial charge in [0.2, 0.25) is 0 Å². The van der Waals surface area contributed by atoms with Gasteiger partial charge in [0.1, 0.15) is 22.8 Å². The average molecular weight is 341 g/mol. The van der Waals surface area contributed by atoms with Gasteiger partial charge in [0.25, 0.3) is 0 Å². The van der Waals surface area contributed by atoms with E-state index in [2.05, 4.69) is 11.3 Å². The second-order valence-electron chi connectivity index (χ2n) is 5.28. The van der Waals surface area contributed by atoms with E-state index in [0.29, 0.717) is 12.4 Å². The maximum atomic E-state index is 12.7. The molecule has 0 radical (unpaired) electrons. The first-order chi connectivity index (χ1) is 11.7. The Kier molecular flexibility index (Phi) is 6.97. The summed E-state index contributed by atoms with van der Waals surface area (Å²) in [6.07, 6.45) is 3.48. The lowest BCUT2D eigenvalue weighted by atomic mass is 10.1. The molecule has 24 heavy (non-hydrogen) atoms. The number of allylic oxidation sites excluding steroid dienone is 2. The molecule has 0 heterocycles. The Labute approximate surface area is 146 Å². The third-order valence-corrected chi connectivity index (χ3v) is 4.62. The van der Waals surface area contributed by atoms with Gasteiger partial charge in [-0.15, -0.1) is 0 Å². The van der Waals surface area contributed by atoms with E-state index in [0.717, 1.165) is 16.0 Å². The van der Waals surface area contributed by atoms with Crippen LogP contribution in [-0.2, 0) is 15.7 Å². The van der Waals surface area contributed by atoms with Crippen molar-refractivity contribution in [2.24, 2.45) is 0 Å². The molecule has 0 saturated heterocycles. The van der Waals surface area contributed by atoms with Crippen LogP contribution in [0.15, 0.2) is 84.0 Å². The summed E-state index contributed by atoms with van der Waals surface area (Å²) >= 11 is 0. The van der Waals surface area contributed by atoms with Crippen LogP contribution in [0.2, 0.25) is 0 Å². The summed E-state index contributed by atoms with van der Waals surface area (Å²) in [5.41, 5.74) is 2.12. The van der Waals surface area contributed by atoms with Crippen molar-refractivity contribution >= 4 is 11.0 Å². The lowest BCUT2D eigenvalue weighted by Crippen LogP contribution is -2.26. The average Bonchev–Trinajstić information content (AvgIpc) is 2.61. The van der Waals surface area contributed by atoms with Gasteiger partial charge in [-0.3, -0.25) is 0 Å². The molecule has 0 amide bonds. The van der Waals surface area contributed by atoms with Gasteiger partial charge >= 0.3 is 0 Å². The van der Waals surface area contributed by atoms with Crippen LogP contribution < -0.4 is 4.72 Å². The van der Waals surface area contributed by atoms with Crippen molar-refractivity contribution in [2.45, 2.75) is 24.8 Å². The zero-order chi connectivity index (χ0) is 17.4. The Bertz CT molecular complexity index is 708. The molecule has 0 spiro atoms. The van der Waals surface area contributed by atoms with E-state index in [-0.39, 0.29) is 6.04 Å². The maximum Gasteiger partial charge on any atom is 0.125 e. The minimum Gasteiger partial charge on any atom is -0.496 e. The van der Waals surface area contributed by atoms with E-state index in [1.165, 1.54) is 0 Å². The van der Waals surface area contributed by atoms with E-state index in [9.17, 15) is 4.21 Å². The first-order valence-corrected chi connectivity index (χ1v) is 9.05. The van der Waals surface area contributed by atoms with Gasteiger partial charge in [-0.05, 0) is 37.6 Å². The van der Waals surface area contributed by atoms with Gasteiger partial charge in [0.05, 0.1) is 11.5 Å². The summed E-state index contributed by atoms with van der Waals surface area (Å²) in [6.45, 7) is 8.21. The number of aryl methyl sites for hydroxylation is 1. The fourth-order valence-corrected chi connectivity index (χ4v) is 3.27. The molecular weight excluding hydrogens is 318 g/mol. The van der Waals surface area contributed by atoms with Crippen molar-refractivity contribution in [1.82, 2.24) is 4.72 Å². The van der Waals surface area contributed by atoms with Crippen LogP contribution in [0.4, 0.5) is 0 Å². The van der Waals surface area contributed by atoms with Crippen molar-refractivity contribution < 1.29 is 8.95 Å². The topological polar surface area (TPSA) is 38.3 Å². The van der Waals surface area contributed by atoms with E-state index in [1.54, 1.807) is 12.2 Å². The van der Waals surface area contributed by atoms with Gasteiger partial charge in [0.15, 0.2) is 0 Å². The first kappa shape index (κ1) is 18.2. The predicted octanol–water partition coefficient (Wildman–Crippen LogP) is 4.45. The number of rotatable bonds is 8. The molecule has 4 heteroatoms. The highest BCUT2D eigenvalue weighted by atomic mass is 32.2. The second kappa shape index (κ2) is 9.21. The number of hydrogen-bond acceptors (Lipinski definition) is 2. The number of ether oxygens (including phenoxy) is 1. The SMILES string of the molecule is C=C/C=C(/OCC)[C@@H](N[S@](=O)c1ccc(C)cc1)c1ccccc1. The summed E-state index contributed by atoms with van der Waals surface area (Å²) in [5, 5.41) is 0. The molecule has 0 aromatic heterocycles. The van der Waals surface area contributed by atoms with Crippen LogP contribution in [-0.4, -0.2) is 10.8 Å². The van der Waals surface area contributed by atoms with E-state index in [4.69, 9.17) is 4.74 Å². The summed E-state index contributed by atoms with van der Waals surface area (Å²) in [5.74, 6) is 0.694. The summed E-state index contributed by atoms with van der Waals surface area (Å²) in [4.78, 5) is 0.732. The lowest BCUT2D eigenvalue weighted by Gasteiger charge is -2.22. The smallest absolute Gasteiger partial charge is 0.125 e. The molecule has 0 aliphatic heterocycles. The minimum absolute atomic E-state index is 0.314. The number of hydrogen-bond donors (Lipinski definition) is 1. The van der Waals surface area contributed by atoms with Crippen molar-refractivity contribution in [1.29, 1.82) is 0 Å². The van der Waals surface area contributed by atoms with Gasteiger partial charge in [-0.1, -0.05) is 60.7 Å². The molecule has 0 aliphatic rings. The fraction of sp³-hybridized carbons (Fsp3) is 0.200. The predicted molar refractivity (Wildman–Crippen MR) is 99.8 cm³/mol. The quantitative estimate of drug-likeness (QED) is 0.569. The summed E-state index contributed by atoms with van der Waals surface area (Å²) in [7, 11) is -1.36. The summed E-state index contributed by atoms with van der Waals surface area (Å²) in [6, 6.07) is 17.2. The fourth-order valence-electron chi connectivity index (χ4n) is 2.28. The minimum atomic E-state index is -1.36. The largest absolute Gasteiger partial charge is 0.496 e. The van der Waals surface area contributed by atoms with E-state index < -0.39 is 11.0 Å². The van der Waals surface area contributed by atoms with Crippen molar-refractivity contribution in [3.05, 3.63) is 90.2 Å². The van der Waals surface area contributed by atoms with Crippen molar-refractivity contribution in [2.75, 3.05) is 6.61 Å². The van der Waals surface area contributed by atoms with Gasteiger partial charge in [-0.25, -0.2) is 8.93 Å². The Morgan fingerprint density at radius 3 is 2.46 bits per heavy atom. The highest BCUT2D eigenvalue weighted by molar-refractivity contribution is 7.83. The van der Waals surface area contributed by atoms with Gasteiger partial charge in [0, 0.05) is 0 Å². The molecule has 0 fully saturated rings. The van der Waals surface area contributed by atoms with Crippen LogP contribution in [0.5, 0.6) is 0 Å². The molecule has 2 rings (SSSR count). The Morgan fingerprint density at radius 1 is 1.21 bits per heavy atom. The summed E-state index contributed by atoms with van der Waals surface area (Å²) < 4.78 is 21.7. The monoisotopic (exact) mass is 341 g/mol. The molecule has 3 nitrogen and oxygen atoms in total. The molecule has 0 bridgehead atoms. The molecule has 0 aliphatic carbocycles. The third-order valence-electron chi connectivity index (χ3n) is 3.47. The first-order valence-electron chi connectivity index (χ1n) is 7.90. The Balaban J connectivity index is 2.32. The van der Waals surface area contributed by atoms with Crippen LogP contribution in [0.25, 0.3) is 0 Å². The molecule has 0 unspecified atom stereocenters. The van der Waals surface area contributed by atoms with Crippen LogP contribution in [0.1, 0.15) is 24.1 Å². The Hall–Kier alpha value is -2.17. The number of nitrogens with one attached hydrogen (secondary N) is 1. The lowest BCUT2D eigenvalue weighted by molar-refractivity contribution is 0.206. The van der Waals surface area contributed by atoms with Crippen LogP contribution >= 0.6 is 0 Å². The Morgan fingerprint density at radius 2 is 1.88 bits per heavy atom. The van der Waals surface area contributed by atoms with Crippen LogP contribution in [0, 0.1) is 6.92 Å².